The van der Waals surface area contributed by atoms with Crippen LogP contribution >= 0.6 is 0 Å². The van der Waals surface area contributed by atoms with Crippen molar-refractivity contribution < 1.29 is 24.2 Å². The standard InChI is InChI=1S/C36H47N3O5/c1-7-8-12-21-39(34(42)31(38-35(43)44-36(4,5)6)23-27-16-19-30(40)20-17-27)32(29-18-15-25(2)26(3)22-29)33(41)37-24-28-13-10-9-11-14-28/h9-11,13-20,22,31-32,40H,7-8,12,21,23-24H2,1-6H3,(H,37,41)(H,38,43). The molecule has 0 bridgehead atoms. The highest BCUT2D eigenvalue weighted by molar-refractivity contribution is 5.92. The molecule has 236 valence electrons. The number of nitrogens with one attached hydrogen (secondary N) is 2. The molecule has 0 radical (unpaired) electrons. The molecule has 3 aromatic rings. The highest BCUT2D eigenvalue weighted by atomic mass is 16.6. The van der Waals surface area contributed by atoms with Gasteiger partial charge in [-0.05, 0) is 81.0 Å². The van der Waals surface area contributed by atoms with Crippen LogP contribution in [0.1, 0.15) is 80.8 Å². The molecule has 8 nitrogen and oxygen atoms in total. The molecule has 0 saturated carbocycles. The first-order chi connectivity index (χ1) is 20.9. The Morgan fingerprint density at radius 1 is 0.886 bits per heavy atom. The number of alkyl carbamates (subject to hydrolysis) is 1. The lowest BCUT2D eigenvalue weighted by Gasteiger charge is -2.35. The zero-order chi connectivity index (χ0) is 32.3. The van der Waals surface area contributed by atoms with E-state index in [1.54, 1.807) is 37.8 Å². The van der Waals surface area contributed by atoms with Gasteiger partial charge < -0.3 is 25.4 Å². The van der Waals surface area contributed by atoms with Gasteiger partial charge in [-0.3, -0.25) is 9.59 Å². The largest absolute Gasteiger partial charge is 0.508 e. The summed E-state index contributed by atoms with van der Waals surface area (Å²) in [5.41, 5.74) is 3.71. The number of aromatic hydroxyl groups is 1. The molecule has 0 aliphatic carbocycles. The molecular weight excluding hydrogens is 554 g/mol. The van der Waals surface area contributed by atoms with Gasteiger partial charge in [0, 0.05) is 19.5 Å². The summed E-state index contributed by atoms with van der Waals surface area (Å²) < 4.78 is 5.52. The lowest BCUT2D eigenvalue weighted by molar-refractivity contribution is -0.142. The molecule has 44 heavy (non-hydrogen) atoms. The third kappa shape index (κ3) is 10.4. The van der Waals surface area contributed by atoms with Crippen molar-refractivity contribution >= 4 is 17.9 Å². The lowest BCUT2D eigenvalue weighted by atomic mass is 9.97. The molecular formula is C36H47N3O5. The maximum absolute atomic E-state index is 14.6. The fraction of sp³-hybridized carbons (Fsp3) is 0.417. The van der Waals surface area contributed by atoms with Crippen LogP contribution in [0.3, 0.4) is 0 Å². The van der Waals surface area contributed by atoms with Crippen molar-refractivity contribution in [1.29, 1.82) is 0 Å². The number of nitrogens with zero attached hydrogens (tertiary/aromatic N) is 1. The van der Waals surface area contributed by atoms with Crippen LogP contribution < -0.4 is 10.6 Å². The molecule has 0 aliphatic rings. The third-order valence-corrected chi connectivity index (χ3v) is 7.37. The fourth-order valence-corrected chi connectivity index (χ4v) is 4.91. The molecule has 3 rings (SSSR count). The summed E-state index contributed by atoms with van der Waals surface area (Å²) in [6, 6.07) is 20.0. The van der Waals surface area contributed by atoms with Crippen LogP contribution in [0.4, 0.5) is 4.79 Å². The van der Waals surface area contributed by atoms with Gasteiger partial charge >= 0.3 is 6.09 Å². The molecule has 3 N–H and O–H groups in total. The van der Waals surface area contributed by atoms with E-state index in [9.17, 15) is 19.5 Å². The number of aryl methyl sites for hydroxylation is 2. The van der Waals surface area contributed by atoms with E-state index in [0.29, 0.717) is 25.1 Å². The van der Waals surface area contributed by atoms with Crippen molar-refractivity contribution in [1.82, 2.24) is 15.5 Å². The van der Waals surface area contributed by atoms with Gasteiger partial charge in [-0.1, -0.05) is 80.4 Å². The Kier molecular flexibility index (Phi) is 12.4. The van der Waals surface area contributed by atoms with Crippen LogP contribution in [-0.2, 0) is 27.3 Å². The number of amides is 3. The van der Waals surface area contributed by atoms with Gasteiger partial charge in [0.05, 0.1) is 0 Å². The molecule has 2 unspecified atom stereocenters. The highest BCUT2D eigenvalue weighted by Gasteiger charge is 2.36. The van der Waals surface area contributed by atoms with Crippen LogP contribution in [0.25, 0.3) is 0 Å². The topological polar surface area (TPSA) is 108 Å². The Labute approximate surface area is 261 Å². The summed E-state index contributed by atoms with van der Waals surface area (Å²) >= 11 is 0. The van der Waals surface area contributed by atoms with E-state index in [1.165, 1.54) is 12.1 Å². The summed E-state index contributed by atoms with van der Waals surface area (Å²) in [7, 11) is 0. The third-order valence-electron chi connectivity index (χ3n) is 7.37. The summed E-state index contributed by atoms with van der Waals surface area (Å²) in [6.45, 7) is 12.0. The summed E-state index contributed by atoms with van der Waals surface area (Å²) in [5.74, 6) is -0.594. The number of phenolic OH excluding ortho intramolecular Hbond substituents is 1. The van der Waals surface area contributed by atoms with Crippen LogP contribution in [-0.4, -0.2) is 46.1 Å². The summed E-state index contributed by atoms with van der Waals surface area (Å²) in [6.07, 6.45) is 1.92. The van der Waals surface area contributed by atoms with Gasteiger partial charge in [0.15, 0.2) is 0 Å². The van der Waals surface area contributed by atoms with E-state index >= 15 is 0 Å². The Morgan fingerprint density at radius 2 is 1.57 bits per heavy atom. The average Bonchev–Trinajstić information content (AvgIpc) is 2.97. The van der Waals surface area contributed by atoms with Crippen LogP contribution in [0.15, 0.2) is 72.8 Å². The fourth-order valence-electron chi connectivity index (χ4n) is 4.91. The van der Waals surface area contributed by atoms with E-state index in [0.717, 1.165) is 35.1 Å². The van der Waals surface area contributed by atoms with Gasteiger partial charge in [-0.15, -0.1) is 0 Å². The number of rotatable bonds is 13. The molecule has 2 atom stereocenters. The minimum Gasteiger partial charge on any atom is -0.508 e. The van der Waals surface area contributed by atoms with E-state index in [4.69, 9.17) is 4.74 Å². The van der Waals surface area contributed by atoms with Crippen molar-refractivity contribution in [2.75, 3.05) is 6.54 Å². The molecule has 0 heterocycles. The smallest absolute Gasteiger partial charge is 0.408 e. The second kappa shape index (κ2) is 15.9. The second-order valence-corrected chi connectivity index (χ2v) is 12.3. The Balaban J connectivity index is 2.05. The molecule has 0 spiro atoms. The number of carbonyl (C=O) groups excluding carboxylic acids is 3. The number of unbranched alkanes of at least 4 members (excludes halogenated alkanes) is 2. The van der Waals surface area contributed by atoms with Gasteiger partial charge in [-0.25, -0.2) is 4.79 Å². The highest BCUT2D eigenvalue weighted by Crippen LogP contribution is 2.26. The Morgan fingerprint density at radius 3 is 2.18 bits per heavy atom. The number of benzene rings is 3. The van der Waals surface area contributed by atoms with E-state index in [1.807, 2.05) is 62.4 Å². The van der Waals surface area contributed by atoms with E-state index in [2.05, 4.69) is 17.6 Å². The normalized spacial score (nSPS) is 12.6. The van der Waals surface area contributed by atoms with Crippen molar-refractivity contribution in [2.45, 2.75) is 91.5 Å². The second-order valence-electron chi connectivity index (χ2n) is 12.3. The van der Waals surface area contributed by atoms with Crippen LogP contribution in [0.5, 0.6) is 5.75 Å². The number of ether oxygens (including phenoxy) is 1. The minimum atomic E-state index is -1.02. The number of hydrogen-bond acceptors (Lipinski definition) is 5. The van der Waals surface area contributed by atoms with Gasteiger partial charge in [0.2, 0.25) is 11.8 Å². The number of phenols is 1. The zero-order valence-corrected chi connectivity index (χ0v) is 26.9. The maximum atomic E-state index is 14.6. The van der Waals surface area contributed by atoms with Gasteiger partial charge in [-0.2, -0.15) is 0 Å². The van der Waals surface area contributed by atoms with Gasteiger partial charge in [0.25, 0.3) is 0 Å². The molecule has 3 aromatic carbocycles. The predicted octanol–water partition coefficient (Wildman–Crippen LogP) is 6.52. The van der Waals surface area contributed by atoms with Crippen LogP contribution in [0.2, 0.25) is 0 Å². The molecule has 0 fully saturated rings. The van der Waals surface area contributed by atoms with Gasteiger partial charge in [0.1, 0.15) is 23.4 Å². The SMILES string of the molecule is CCCCCN(C(=O)C(Cc1ccc(O)cc1)NC(=O)OC(C)(C)C)C(C(=O)NCc1ccccc1)c1ccc(C)c(C)c1. The first-order valence-corrected chi connectivity index (χ1v) is 15.3. The molecule has 0 aromatic heterocycles. The lowest BCUT2D eigenvalue weighted by Crippen LogP contribution is -2.54. The molecule has 3 amide bonds. The van der Waals surface area contributed by atoms with Crippen molar-refractivity contribution in [3.05, 3.63) is 101 Å². The summed E-state index contributed by atoms with van der Waals surface area (Å²) in [4.78, 5) is 43.2. The maximum Gasteiger partial charge on any atom is 0.408 e. The summed E-state index contributed by atoms with van der Waals surface area (Å²) in [5, 5.41) is 15.6. The monoisotopic (exact) mass is 601 g/mol. The first kappa shape index (κ1) is 34.2. The Hall–Kier alpha value is -4.33. The predicted molar refractivity (Wildman–Crippen MR) is 173 cm³/mol. The van der Waals surface area contributed by atoms with Crippen molar-refractivity contribution in [3.8, 4) is 5.75 Å². The minimum absolute atomic E-state index is 0.0998. The first-order valence-electron chi connectivity index (χ1n) is 15.3. The van der Waals surface area contributed by atoms with Crippen molar-refractivity contribution in [2.24, 2.45) is 0 Å². The van der Waals surface area contributed by atoms with E-state index < -0.39 is 29.7 Å². The molecule has 0 aliphatic heterocycles. The molecule has 0 saturated heterocycles. The molecule has 8 heteroatoms. The zero-order valence-electron chi connectivity index (χ0n) is 26.9. The number of carbonyl (C=O) groups is 3. The average molecular weight is 602 g/mol. The van der Waals surface area contributed by atoms with Crippen molar-refractivity contribution in [3.63, 3.8) is 0 Å². The van der Waals surface area contributed by atoms with E-state index in [-0.39, 0.29) is 18.1 Å². The Bertz CT molecular complexity index is 1380. The number of hydrogen-bond donors (Lipinski definition) is 3. The quantitative estimate of drug-likeness (QED) is 0.193. The van der Waals surface area contributed by atoms with Crippen LogP contribution in [0, 0.1) is 13.8 Å².